The Balaban J connectivity index is 1.38. The predicted octanol–water partition coefficient (Wildman–Crippen LogP) is 1.12. The van der Waals surface area contributed by atoms with Crippen LogP contribution in [0.1, 0.15) is 24.0 Å². The number of aromatic nitrogens is 2. The summed E-state index contributed by atoms with van der Waals surface area (Å²) in [6.45, 7) is 2.42. The third-order valence-corrected chi connectivity index (χ3v) is 11.1. The summed E-state index contributed by atoms with van der Waals surface area (Å²) in [6.07, 6.45) is 7.44. The van der Waals surface area contributed by atoms with Gasteiger partial charge in [-0.3, -0.25) is 4.90 Å². The molecule has 1 aliphatic carbocycles. The molecule has 32 heavy (non-hydrogen) atoms. The van der Waals surface area contributed by atoms with Crippen molar-refractivity contribution in [3.63, 3.8) is 0 Å². The summed E-state index contributed by atoms with van der Waals surface area (Å²) in [7, 11) is -7.19. The molecule has 0 spiro atoms. The molecule has 2 saturated heterocycles. The smallest absolute Gasteiger partial charge is 0.225 e. The van der Waals surface area contributed by atoms with Gasteiger partial charge in [-0.05, 0) is 55.0 Å². The van der Waals surface area contributed by atoms with E-state index in [4.69, 9.17) is 0 Å². The molecule has 2 fully saturated rings. The topological polar surface area (TPSA) is 101 Å². The van der Waals surface area contributed by atoms with Crippen LogP contribution in [0.3, 0.4) is 0 Å². The highest BCUT2D eigenvalue weighted by atomic mass is 32.2. The third kappa shape index (κ3) is 4.15. The predicted molar refractivity (Wildman–Crippen MR) is 122 cm³/mol. The monoisotopic (exact) mass is 476 g/mol. The van der Waals surface area contributed by atoms with Crippen LogP contribution in [0.15, 0.2) is 41.6 Å². The minimum atomic E-state index is -3.77. The molecule has 1 aromatic carbocycles. The molecule has 0 bridgehead atoms. The molecule has 0 radical (unpaired) electrons. The van der Waals surface area contributed by atoms with Crippen molar-refractivity contribution in [2.24, 2.45) is 0 Å². The average molecular weight is 477 g/mol. The van der Waals surface area contributed by atoms with Gasteiger partial charge in [0.25, 0.3) is 0 Å². The molecular formula is C22H28N4O4S2. The van der Waals surface area contributed by atoms with Gasteiger partial charge in [0, 0.05) is 44.6 Å². The van der Waals surface area contributed by atoms with Gasteiger partial charge < -0.3 is 4.90 Å². The van der Waals surface area contributed by atoms with Gasteiger partial charge in [0.1, 0.15) is 0 Å². The molecular weight excluding hydrogens is 448 g/mol. The number of aryl methyl sites for hydroxylation is 2. The van der Waals surface area contributed by atoms with Gasteiger partial charge in [-0.1, -0.05) is 6.07 Å². The summed E-state index contributed by atoms with van der Waals surface area (Å²) in [4.78, 5) is 12.9. The van der Waals surface area contributed by atoms with Crippen molar-refractivity contribution < 1.29 is 16.8 Å². The van der Waals surface area contributed by atoms with Crippen molar-refractivity contribution in [2.45, 2.75) is 41.9 Å². The zero-order valence-corrected chi connectivity index (χ0v) is 19.6. The van der Waals surface area contributed by atoms with Gasteiger partial charge in [-0.2, -0.15) is 0 Å². The normalized spacial score (nSPS) is 26.1. The van der Waals surface area contributed by atoms with E-state index in [0.717, 1.165) is 31.2 Å². The first kappa shape index (κ1) is 21.8. The van der Waals surface area contributed by atoms with Crippen molar-refractivity contribution in [1.29, 1.82) is 0 Å². The molecule has 0 saturated carbocycles. The molecule has 1 aromatic heterocycles. The van der Waals surface area contributed by atoms with Crippen molar-refractivity contribution >= 4 is 25.6 Å². The fourth-order valence-electron chi connectivity index (χ4n) is 5.20. The van der Waals surface area contributed by atoms with Crippen LogP contribution in [0, 0.1) is 0 Å². The summed E-state index contributed by atoms with van der Waals surface area (Å²) in [5.41, 5.74) is 2.30. The van der Waals surface area contributed by atoms with Crippen molar-refractivity contribution in [2.75, 3.05) is 42.6 Å². The Labute approximate surface area is 189 Å². The minimum Gasteiger partial charge on any atom is -0.338 e. The lowest BCUT2D eigenvalue weighted by molar-refractivity contribution is 0.201. The number of sulfone groups is 2. The summed E-state index contributed by atoms with van der Waals surface area (Å²) in [5.74, 6) is 0.229. The van der Waals surface area contributed by atoms with Crippen LogP contribution in [0.4, 0.5) is 5.95 Å². The van der Waals surface area contributed by atoms with Crippen molar-refractivity contribution in [1.82, 2.24) is 14.9 Å². The summed E-state index contributed by atoms with van der Waals surface area (Å²) in [6, 6.07) is 6.61. The van der Waals surface area contributed by atoms with Gasteiger partial charge in [0.15, 0.2) is 19.7 Å². The van der Waals surface area contributed by atoms with Crippen molar-refractivity contribution in [3.05, 3.63) is 47.8 Å². The second kappa shape index (κ2) is 8.39. The summed E-state index contributed by atoms with van der Waals surface area (Å²) in [5, 5.41) is -0.936. The van der Waals surface area contributed by atoms with E-state index in [1.165, 1.54) is 5.56 Å². The molecule has 5 rings (SSSR count). The number of benzene rings is 1. The molecule has 2 aromatic rings. The molecule has 0 unspecified atom stereocenters. The molecule has 10 heteroatoms. The maximum Gasteiger partial charge on any atom is 0.225 e. The van der Waals surface area contributed by atoms with Crippen LogP contribution in [0.5, 0.6) is 0 Å². The van der Waals surface area contributed by atoms with E-state index in [-0.39, 0.29) is 16.4 Å². The lowest BCUT2D eigenvalue weighted by atomic mass is 9.92. The van der Waals surface area contributed by atoms with Crippen LogP contribution in [-0.4, -0.2) is 80.7 Å². The van der Waals surface area contributed by atoms with Gasteiger partial charge in [-0.25, -0.2) is 26.8 Å². The van der Waals surface area contributed by atoms with E-state index in [1.807, 2.05) is 15.9 Å². The number of fused-ring (bicyclic) bond motifs is 1. The van der Waals surface area contributed by atoms with E-state index < -0.39 is 31.0 Å². The lowest BCUT2D eigenvalue weighted by Crippen LogP contribution is -2.55. The molecule has 3 aliphatic rings. The van der Waals surface area contributed by atoms with Gasteiger partial charge in [0.2, 0.25) is 5.95 Å². The molecule has 172 valence electrons. The van der Waals surface area contributed by atoms with E-state index in [9.17, 15) is 16.8 Å². The van der Waals surface area contributed by atoms with Crippen LogP contribution in [0.2, 0.25) is 0 Å². The van der Waals surface area contributed by atoms with E-state index >= 15 is 0 Å². The highest BCUT2D eigenvalue weighted by Gasteiger charge is 2.48. The van der Waals surface area contributed by atoms with Gasteiger partial charge in [0.05, 0.1) is 21.7 Å². The van der Waals surface area contributed by atoms with E-state index in [2.05, 4.69) is 9.97 Å². The zero-order valence-electron chi connectivity index (χ0n) is 17.9. The number of anilines is 1. The second-order valence-electron chi connectivity index (χ2n) is 8.94. The Morgan fingerprint density at radius 1 is 0.906 bits per heavy atom. The maximum absolute atomic E-state index is 13.6. The Bertz CT molecular complexity index is 1190. The lowest BCUT2D eigenvalue weighted by Gasteiger charge is -2.39. The molecule has 0 N–H and O–H groups in total. The average Bonchev–Trinajstić information content (AvgIpc) is 3.15. The van der Waals surface area contributed by atoms with Gasteiger partial charge >= 0.3 is 0 Å². The first-order valence-corrected chi connectivity index (χ1v) is 14.5. The molecule has 2 atom stereocenters. The number of piperazine rings is 1. The highest BCUT2D eigenvalue weighted by Crippen LogP contribution is 2.32. The zero-order chi connectivity index (χ0) is 22.3. The second-order valence-corrected chi connectivity index (χ2v) is 13.3. The SMILES string of the molecule is O=S1(=O)C[C@H](N2CCN(c3ncccn3)CC2)[C@@H](S(=O)(=O)c2ccc3c(c2)CCCC3)C1. The summed E-state index contributed by atoms with van der Waals surface area (Å²) < 4.78 is 52.4. The Morgan fingerprint density at radius 2 is 1.59 bits per heavy atom. The number of hydrogen-bond donors (Lipinski definition) is 0. The fraction of sp³-hybridized carbons (Fsp3) is 0.545. The largest absolute Gasteiger partial charge is 0.338 e. The summed E-state index contributed by atoms with van der Waals surface area (Å²) >= 11 is 0. The maximum atomic E-state index is 13.6. The molecule has 8 nitrogen and oxygen atoms in total. The van der Waals surface area contributed by atoms with Crippen LogP contribution in [0.25, 0.3) is 0 Å². The molecule has 3 heterocycles. The Hall–Kier alpha value is -2.04. The minimum absolute atomic E-state index is 0.107. The molecule has 2 aliphatic heterocycles. The first-order valence-electron chi connectivity index (χ1n) is 11.2. The van der Waals surface area contributed by atoms with Gasteiger partial charge in [-0.15, -0.1) is 0 Å². The van der Waals surface area contributed by atoms with Crippen LogP contribution < -0.4 is 4.90 Å². The van der Waals surface area contributed by atoms with E-state index in [1.54, 1.807) is 30.6 Å². The first-order chi connectivity index (χ1) is 15.3. The fourth-order valence-corrected chi connectivity index (χ4v) is 10.1. The Morgan fingerprint density at radius 3 is 2.31 bits per heavy atom. The van der Waals surface area contributed by atoms with Crippen LogP contribution >= 0.6 is 0 Å². The van der Waals surface area contributed by atoms with E-state index in [0.29, 0.717) is 32.1 Å². The highest BCUT2D eigenvalue weighted by molar-refractivity contribution is 7.96. The molecule has 0 amide bonds. The number of rotatable bonds is 4. The standard InChI is InChI=1S/C22H28N4O4S2/c27-31(28)15-20(25-10-12-26(13-11-25)22-23-8-3-9-24-22)21(16-31)32(29,30)19-7-6-17-4-1-2-5-18(17)14-19/h3,6-9,14,20-21H,1-2,4-5,10-13,15-16H2/t20-,21-/m0/s1. The quantitative estimate of drug-likeness (QED) is 0.647. The van der Waals surface area contributed by atoms with Crippen LogP contribution in [-0.2, 0) is 32.5 Å². The third-order valence-electron chi connectivity index (χ3n) is 6.94. The van der Waals surface area contributed by atoms with Crippen molar-refractivity contribution in [3.8, 4) is 0 Å². The Kier molecular flexibility index (Phi) is 5.71. The number of nitrogens with zero attached hydrogens (tertiary/aromatic N) is 4. The number of hydrogen-bond acceptors (Lipinski definition) is 8.